The number of unbranched alkanes of at least 4 members (excludes halogenated alkanes) is 1. The highest BCUT2D eigenvalue weighted by Crippen LogP contribution is 2.20. The quantitative estimate of drug-likeness (QED) is 0.346. The van der Waals surface area contributed by atoms with Crippen molar-refractivity contribution in [3.05, 3.63) is 65.2 Å². The lowest BCUT2D eigenvalue weighted by molar-refractivity contribution is -0.121. The molecule has 0 fully saturated rings. The van der Waals surface area contributed by atoms with Gasteiger partial charge in [-0.25, -0.2) is 14.7 Å². The number of imidazole rings is 1. The minimum Gasteiger partial charge on any atom is -0.326 e. The van der Waals surface area contributed by atoms with Crippen molar-refractivity contribution >= 4 is 16.9 Å². The Kier molecular flexibility index (Phi) is 9.43. The standard InChI is InChI=1S/C27H36FN4O/c1-4-7-16-32-25-15-14-22(20-31(5-2)6-3)18-24(25)30-26(32)19-29-27(33)13-9-11-21-10-8-12-23(28)17-21/h8,10,12,14-15,17-18H,4-7,9,11,13,16,19-20H2,1-3H3. The fourth-order valence-electron chi connectivity index (χ4n) is 4.09. The molecule has 0 atom stereocenters. The van der Waals surface area contributed by atoms with Gasteiger partial charge >= 0.3 is 0 Å². The van der Waals surface area contributed by atoms with Crippen molar-refractivity contribution in [1.29, 1.82) is 0 Å². The summed E-state index contributed by atoms with van der Waals surface area (Å²) in [6, 6.07) is 13.0. The lowest BCUT2D eigenvalue weighted by Crippen LogP contribution is -2.22. The van der Waals surface area contributed by atoms with E-state index in [2.05, 4.69) is 53.8 Å². The summed E-state index contributed by atoms with van der Waals surface area (Å²) < 4.78 is 15.5. The van der Waals surface area contributed by atoms with Crippen molar-refractivity contribution in [2.45, 2.75) is 72.5 Å². The van der Waals surface area contributed by atoms with E-state index in [9.17, 15) is 9.18 Å². The number of rotatable bonds is 13. The van der Waals surface area contributed by atoms with E-state index in [0.29, 0.717) is 25.8 Å². The zero-order valence-corrected chi connectivity index (χ0v) is 20.2. The van der Waals surface area contributed by atoms with Crippen molar-refractivity contribution in [2.75, 3.05) is 13.1 Å². The number of nitrogens with zero attached hydrogens (tertiary/aromatic N) is 4. The number of amides is 1. The molecule has 1 aromatic heterocycles. The van der Waals surface area contributed by atoms with Crippen LogP contribution in [0.5, 0.6) is 0 Å². The van der Waals surface area contributed by atoms with E-state index < -0.39 is 0 Å². The number of carbonyl (C=O) groups is 1. The number of aryl methyl sites for hydroxylation is 2. The van der Waals surface area contributed by atoms with E-state index in [1.54, 1.807) is 6.07 Å². The number of aromatic nitrogens is 2. The van der Waals surface area contributed by atoms with Crippen molar-refractivity contribution < 1.29 is 9.18 Å². The molecule has 3 aromatic rings. The zero-order chi connectivity index (χ0) is 23.6. The van der Waals surface area contributed by atoms with E-state index in [-0.39, 0.29) is 11.7 Å². The molecule has 2 aromatic carbocycles. The van der Waals surface area contributed by atoms with Crippen LogP contribution in [0.15, 0.2) is 42.5 Å². The highest BCUT2D eigenvalue weighted by atomic mass is 19.1. The van der Waals surface area contributed by atoms with Gasteiger partial charge < -0.3 is 4.57 Å². The first-order valence-corrected chi connectivity index (χ1v) is 12.2. The molecule has 0 saturated heterocycles. The maximum Gasteiger partial charge on any atom is 0.241 e. The SMILES string of the molecule is CCCCn1c(C[N]C(=O)CCCc2cccc(F)c2)nc2cc(CN(CC)CC)ccc21. The Morgan fingerprint density at radius 1 is 1.06 bits per heavy atom. The first-order chi connectivity index (χ1) is 16.0. The van der Waals surface area contributed by atoms with E-state index in [1.807, 2.05) is 6.07 Å². The first-order valence-electron chi connectivity index (χ1n) is 12.2. The normalized spacial score (nSPS) is 11.4. The maximum atomic E-state index is 13.3. The molecule has 0 N–H and O–H groups in total. The number of halogens is 1. The number of hydrogen-bond acceptors (Lipinski definition) is 3. The molecule has 177 valence electrons. The Morgan fingerprint density at radius 3 is 2.61 bits per heavy atom. The molecule has 0 saturated carbocycles. The van der Waals surface area contributed by atoms with Gasteiger partial charge in [-0.15, -0.1) is 0 Å². The molecule has 1 heterocycles. The molecule has 0 aliphatic heterocycles. The number of benzene rings is 2. The molecule has 1 radical (unpaired) electrons. The van der Waals surface area contributed by atoms with E-state index in [4.69, 9.17) is 4.98 Å². The third kappa shape index (κ3) is 7.13. The van der Waals surface area contributed by atoms with Gasteiger partial charge in [0.15, 0.2) is 0 Å². The smallest absolute Gasteiger partial charge is 0.241 e. The summed E-state index contributed by atoms with van der Waals surface area (Å²) in [5.41, 5.74) is 4.24. The van der Waals surface area contributed by atoms with Crippen LogP contribution < -0.4 is 5.32 Å². The lowest BCUT2D eigenvalue weighted by Gasteiger charge is -2.17. The summed E-state index contributed by atoms with van der Waals surface area (Å²) in [6.45, 7) is 10.6. The van der Waals surface area contributed by atoms with Crippen molar-refractivity contribution in [3.63, 3.8) is 0 Å². The second-order valence-electron chi connectivity index (χ2n) is 8.51. The molecular weight excluding hydrogens is 415 g/mol. The van der Waals surface area contributed by atoms with Crippen LogP contribution in [0.4, 0.5) is 4.39 Å². The third-order valence-electron chi connectivity index (χ3n) is 6.07. The van der Waals surface area contributed by atoms with Gasteiger partial charge in [-0.3, -0.25) is 9.69 Å². The van der Waals surface area contributed by atoms with Crippen molar-refractivity contribution in [3.8, 4) is 0 Å². The van der Waals surface area contributed by atoms with Gasteiger partial charge in [-0.2, -0.15) is 0 Å². The van der Waals surface area contributed by atoms with Gasteiger partial charge in [0.05, 0.1) is 11.0 Å². The average Bonchev–Trinajstić information content (AvgIpc) is 3.16. The number of hydrogen-bond donors (Lipinski definition) is 0. The van der Waals surface area contributed by atoms with Crippen LogP contribution in [0.25, 0.3) is 11.0 Å². The van der Waals surface area contributed by atoms with Crippen molar-refractivity contribution in [2.24, 2.45) is 0 Å². The summed E-state index contributed by atoms with van der Waals surface area (Å²) >= 11 is 0. The van der Waals surface area contributed by atoms with E-state index in [1.165, 1.54) is 17.7 Å². The third-order valence-corrected chi connectivity index (χ3v) is 6.07. The lowest BCUT2D eigenvalue weighted by atomic mass is 10.1. The van der Waals surface area contributed by atoms with Crippen LogP contribution in [0.1, 0.15) is 63.4 Å². The summed E-state index contributed by atoms with van der Waals surface area (Å²) in [6.07, 6.45) is 3.84. The van der Waals surface area contributed by atoms with Gasteiger partial charge in [0.2, 0.25) is 5.91 Å². The van der Waals surface area contributed by atoms with E-state index in [0.717, 1.165) is 61.4 Å². The van der Waals surface area contributed by atoms with Crippen LogP contribution in [-0.4, -0.2) is 33.4 Å². The number of carbonyl (C=O) groups excluding carboxylic acids is 1. The second kappa shape index (κ2) is 12.5. The first kappa shape index (κ1) is 24.9. The molecule has 0 aliphatic carbocycles. The molecule has 5 nitrogen and oxygen atoms in total. The topological polar surface area (TPSA) is 52.2 Å². The van der Waals surface area contributed by atoms with Crippen LogP contribution in [0, 0.1) is 5.82 Å². The molecule has 0 spiro atoms. The molecule has 33 heavy (non-hydrogen) atoms. The predicted molar refractivity (Wildman–Crippen MR) is 131 cm³/mol. The van der Waals surface area contributed by atoms with E-state index >= 15 is 0 Å². The maximum absolute atomic E-state index is 13.3. The van der Waals surface area contributed by atoms with Crippen molar-refractivity contribution in [1.82, 2.24) is 19.8 Å². The minimum atomic E-state index is -0.241. The average molecular weight is 452 g/mol. The Morgan fingerprint density at radius 2 is 1.88 bits per heavy atom. The molecule has 0 aliphatic rings. The fourth-order valence-corrected chi connectivity index (χ4v) is 4.09. The highest BCUT2D eigenvalue weighted by Gasteiger charge is 2.14. The van der Waals surface area contributed by atoms with Gasteiger partial charge in [-0.1, -0.05) is 45.4 Å². The fraction of sp³-hybridized carbons (Fsp3) is 0.481. The van der Waals surface area contributed by atoms with Crippen LogP contribution >= 0.6 is 0 Å². The van der Waals surface area contributed by atoms with Crippen LogP contribution in [0.3, 0.4) is 0 Å². The minimum absolute atomic E-state index is 0.122. The summed E-state index contributed by atoms with van der Waals surface area (Å²) in [5, 5.41) is 4.30. The van der Waals surface area contributed by atoms with Gasteiger partial charge in [0, 0.05) is 19.5 Å². The Hall–Kier alpha value is -2.73. The predicted octanol–water partition coefficient (Wildman–Crippen LogP) is 5.47. The van der Waals surface area contributed by atoms with Crippen LogP contribution in [-0.2, 0) is 30.8 Å². The van der Waals surface area contributed by atoms with Crippen LogP contribution in [0.2, 0.25) is 0 Å². The number of fused-ring (bicyclic) bond motifs is 1. The largest absolute Gasteiger partial charge is 0.326 e. The van der Waals surface area contributed by atoms with Gasteiger partial charge in [-0.05, 0) is 67.7 Å². The molecule has 6 heteroatoms. The van der Waals surface area contributed by atoms with Gasteiger partial charge in [0.1, 0.15) is 18.2 Å². The molecule has 0 unspecified atom stereocenters. The summed E-state index contributed by atoms with van der Waals surface area (Å²) in [4.78, 5) is 19.6. The molecular formula is C27H36FN4O. The summed E-state index contributed by atoms with van der Waals surface area (Å²) in [5.74, 6) is 0.481. The monoisotopic (exact) mass is 451 g/mol. The Labute approximate surface area is 197 Å². The molecule has 1 amide bonds. The van der Waals surface area contributed by atoms with Gasteiger partial charge in [0.25, 0.3) is 0 Å². The zero-order valence-electron chi connectivity index (χ0n) is 20.2. The summed E-state index contributed by atoms with van der Waals surface area (Å²) in [7, 11) is 0. The Bertz CT molecular complexity index is 1040. The molecule has 0 bridgehead atoms. The highest BCUT2D eigenvalue weighted by molar-refractivity contribution is 5.78. The Balaban J connectivity index is 1.64. The molecule has 3 rings (SSSR count). The second-order valence-corrected chi connectivity index (χ2v) is 8.51.